The van der Waals surface area contributed by atoms with Gasteiger partial charge in [-0.1, -0.05) is 194 Å². The molecule has 0 fully saturated rings. The van der Waals surface area contributed by atoms with E-state index in [1.807, 2.05) is 0 Å². The molecule has 0 heterocycles. The molecule has 0 saturated carbocycles. The average molecular weight is 615 g/mol. The van der Waals surface area contributed by atoms with Gasteiger partial charge in [-0.2, -0.15) is 0 Å². The van der Waals surface area contributed by atoms with E-state index < -0.39 is 15.8 Å². The molecule has 1 aliphatic carbocycles. The number of hydrogen-bond acceptors (Lipinski definition) is 0. The molecule has 0 N–H and O–H groups in total. The molecular weight excluding hydrogens is 578 g/mol. The standard InChI is InChI=1S/C43H36P2/c1-7-20-34(21-8-1)42(44(36-24-11-3-12-25-36)37-26-13-4-14-27-37)40-32-19-33-41(40)43(35-22-9-2-10-23-35)45(38-28-15-5-16-29-38)39-30-17-6-18-31-39/h1-32,42-43H,33H2. The Morgan fingerprint density at radius 2 is 0.667 bits per heavy atom. The lowest BCUT2D eigenvalue weighted by Gasteiger charge is -2.35. The maximum atomic E-state index is 2.47. The van der Waals surface area contributed by atoms with E-state index in [-0.39, 0.29) is 11.3 Å². The molecule has 218 valence electrons. The third-order valence-corrected chi connectivity index (χ3v) is 14.2. The molecular formula is C43H36P2. The van der Waals surface area contributed by atoms with Crippen molar-refractivity contribution in [3.8, 4) is 0 Å². The number of rotatable bonds is 10. The topological polar surface area (TPSA) is 0 Å². The molecule has 1 aliphatic rings. The second-order valence-corrected chi connectivity index (χ2v) is 15.9. The van der Waals surface area contributed by atoms with E-state index in [1.165, 1.54) is 37.9 Å². The van der Waals surface area contributed by atoms with Crippen molar-refractivity contribution in [3.63, 3.8) is 0 Å². The van der Waals surface area contributed by atoms with Crippen LogP contribution in [0.5, 0.6) is 0 Å². The first-order chi connectivity index (χ1) is 22.4. The summed E-state index contributed by atoms with van der Waals surface area (Å²) in [5.74, 6) is 0. The molecule has 0 saturated heterocycles. The van der Waals surface area contributed by atoms with Gasteiger partial charge < -0.3 is 0 Å². The van der Waals surface area contributed by atoms with Crippen molar-refractivity contribution in [3.05, 3.63) is 216 Å². The predicted molar refractivity (Wildman–Crippen MR) is 197 cm³/mol. The maximum Gasteiger partial charge on any atom is 0.0372 e. The van der Waals surface area contributed by atoms with Gasteiger partial charge in [0.2, 0.25) is 0 Å². The van der Waals surface area contributed by atoms with E-state index in [0.717, 1.165) is 6.42 Å². The Morgan fingerprint density at radius 1 is 0.356 bits per heavy atom. The molecule has 45 heavy (non-hydrogen) atoms. The first-order valence-corrected chi connectivity index (χ1v) is 18.5. The number of benzene rings is 6. The Kier molecular flexibility index (Phi) is 9.25. The van der Waals surface area contributed by atoms with Gasteiger partial charge in [0, 0.05) is 11.3 Å². The lowest BCUT2D eigenvalue weighted by molar-refractivity contribution is 0.999. The highest BCUT2D eigenvalue weighted by molar-refractivity contribution is 7.74. The third-order valence-electron chi connectivity index (χ3n) is 8.52. The molecule has 0 aliphatic heterocycles. The zero-order valence-corrected chi connectivity index (χ0v) is 27.0. The Balaban J connectivity index is 1.50. The van der Waals surface area contributed by atoms with Crippen molar-refractivity contribution in [2.75, 3.05) is 0 Å². The van der Waals surface area contributed by atoms with Crippen molar-refractivity contribution in [1.82, 2.24) is 0 Å². The minimum Gasteiger partial charge on any atom is -0.0801 e. The highest BCUT2D eigenvalue weighted by Gasteiger charge is 2.36. The van der Waals surface area contributed by atoms with Gasteiger partial charge in [-0.15, -0.1) is 0 Å². The Bertz CT molecular complexity index is 1770. The third kappa shape index (κ3) is 6.41. The van der Waals surface area contributed by atoms with Crippen LogP contribution in [0.3, 0.4) is 0 Å². The number of hydrogen-bond donors (Lipinski definition) is 0. The summed E-state index contributed by atoms with van der Waals surface area (Å²) in [6.45, 7) is 0. The molecule has 0 amide bonds. The SMILES string of the molecule is C1=CC(C(c2ccccc2)P(c2ccccc2)c2ccccc2)=C(C(c2ccccc2)P(c2ccccc2)c2ccccc2)C1. The molecule has 0 aromatic heterocycles. The molecule has 0 radical (unpaired) electrons. The molecule has 0 bridgehead atoms. The second kappa shape index (κ2) is 14.2. The summed E-state index contributed by atoms with van der Waals surface area (Å²) < 4.78 is 0. The van der Waals surface area contributed by atoms with Crippen LogP contribution in [0.25, 0.3) is 0 Å². The van der Waals surface area contributed by atoms with Crippen LogP contribution in [0.15, 0.2) is 205 Å². The van der Waals surface area contributed by atoms with E-state index >= 15 is 0 Å². The van der Waals surface area contributed by atoms with Gasteiger partial charge >= 0.3 is 0 Å². The van der Waals surface area contributed by atoms with E-state index in [4.69, 9.17) is 0 Å². The summed E-state index contributed by atoms with van der Waals surface area (Å²) in [6.07, 6.45) is 5.85. The van der Waals surface area contributed by atoms with Gasteiger partial charge in [0.1, 0.15) is 0 Å². The lowest BCUT2D eigenvalue weighted by Crippen LogP contribution is -2.21. The van der Waals surface area contributed by atoms with Crippen molar-refractivity contribution in [1.29, 1.82) is 0 Å². The lowest BCUT2D eigenvalue weighted by atomic mass is 9.96. The van der Waals surface area contributed by atoms with Crippen LogP contribution in [0.2, 0.25) is 0 Å². The fourth-order valence-corrected chi connectivity index (χ4v) is 12.4. The van der Waals surface area contributed by atoms with Crippen LogP contribution < -0.4 is 21.2 Å². The zero-order valence-electron chi connectivity index (χ0n) is 25.2. The second-order valence-electron chi connectivity index (χ2n) is 11.3. The van der Waals surface area contributed by atoms with E-state index in [2.05, 4.69) is 194 Å². The Morgan fingerprint density at radius 3 is 1.04 bits per heavy atom. The Labute approximate surface area is 270 Å². The van der Waals surface area contributed by atoms with Crippen LogP contribution in [0.1, 0.15) is 28.9 Å². The van der Waals surface area contributed by atoms with Crippen LogP contribution >= 0.6 is 15.8 Å². The summed E-state index contributed by atoms with van der Waals surface area (Å²) in [7, 11) is -1.49. The summed E-state index contributed by atoms with van der Waals surface area (Å²) in [6, 6.07) is 67.4. The van der Waals surface area contributed by atoms with Gasteiger partial charge in [-0.3, -0.25) is 0 Å². The molecule has 2 atom stereocenters. The van der Waals surface area contributed by atoms with Gasteiger partial charge in [-0.25, -0.2) is 0 Å². The smallest absolute Gasteiger partial charge is 0.0372 e. The zero-order chi connectivity index (χ0) is 30.3. The Hall–Kier alpha value is -4.34. The van der Waals surface area contributed by atoms with Gasteiger partial charge in [0.25, 0.3) is 0 Å². The first kappa shape index (κ1) is 29.4. The maximum absolute atomic E-state index is 2.47. The van der Waals surface area contributed by atoms with Crippen molar-refractivity contribution in [2.24, 2.45) is 0 Å². The normalized spacial score (nSPS) is 14.2. The van der Waals surface area contributed by atoms with Crippen molar-refractivity contribution < 1.29 is 0 Å². The minimum absolute atomic E-state index is 0.217. The average Bonchev–Trinajstić information content (AvgIpc) is 3.60. The fraction of sp³-hybridized carbons (Fsp3) is 0.0698. The summed E-state index contributed by atoms with van der Waals surface area (Å²) in [5.41, 5.74) is 6.26. The molecule has 0 nitrogen and oxygen atoms in total. The van der Waals surface area contributed by atoms with Crippen LogP contribution in [-0.2, 0) is 0 Å². The van der Waals surface area contributed by atoms with Crippen LogP contribution in [0.4, 0.5) is 0 Å². The monoisotopic (exact) mass is 614 g/mol. The molecule has 7 rings (SSSR count). The number of allylic oxidation sites excluding steroid dienone is 4. The highest BCUT2D eigenvalue weighted by atomic mass is 31.1. The summed E-state index contributed by atoms with van der Waals surface area (Å²) >= 11 is 0. The molecule has 6 aromatic rings. The highest BCUT2D eigenvalue weighted by Crippen LogP contribution is 2.61. The summed E-state index contributed by atoms with van der Waals surface area (Å²) in [5, 5.41) is 5.64. The molecule has 6 aromatic carbocycles. The van der Waals surface area contributed by atoms with Crippen molar-refractivity contribution >= 4 is 37.1 Å². The van der Waals surface area contributed by atoms with Crippen LogP contribution in [-0.4, -0.2) is 0 Å². The largest absolute Gasteiger partial charge is 0.0801 e. The molecule has 0 spiro atoms. The summed E-state index contributed by atoms with van der Waals surface area (Å²) in [4.78, 5) is 0. The van der Waals surface area contributed by atoms with Crippen LogP contribution in [0, 0.1) is 0 Å². The van der Waals surface area contributed by atoms with E-state index in [1.54, 1.807) is 5.57 Å². The van der Waals surface area contributed by atoms with E-state index in [9.17, 15) is 0 Å². The fourth-order valence-electron chi connectivity index (χ4n) is 6.57. The van der Waals surface area contributed by atoms with Gasteiger partial charge in [0.05, 0.1) is 0 Å². The van der Waals surface area contributed by atoms with Gasteiger partial charge in [-0.05, 0) is 65.8 Å². The first-order valence-electron chi connectivity index (χ1n) is 15.7. The molecule has 2 unspecified atom stereocenters. The quantitative estimate of drug-likeness (QED) is 0.135. The molecule has 2 heteroatoms. The van der Waals surface area contributed by atoms with E-state index in [0.29, 0.717) is 0 Å². The van der Waals surface area contributed by atoms with Gasteiger partial charge in [0.15, 0.2) is 0 Å². The van der Waals surface area contributed by atoms with Crippen molar-refractivity contribution in [2.45, 2.75) is 17.7 Å². The minimum atomic E-state index is -0.752. The predicted octanol–water partition coefficient (Wildman–Crippen LogP) is 9.99.